The van der Waals surface area contributed by atoms with Gasteiger partial charge in [-0.05, 0) is 37.6 Å². The Kier molecular flexibility index (Phi) is 4.64. The molecule has 0 bridgehead atoms. The van der Waals surface area contributed by atoms with Gasteiger partial charge < -0.3 is 4.90 Å². The minimum absolute atomic E-state index is 0.0680. The molecule has 4 rings (SSSR count). The van der Waals surface area contributed by atoms with E-state index in [0.717, 1.165) is 22.4 Å². The molecule has 0 fully saturated rings. The third-order valence-electron chi connectivity index (χ3n) is 4.50. The molecule has 1 aromatic heterocycles. The van der Waals surface area contributed by atoms with E-state index in [4.69, 9.17) is 0 Å². The van der Waals surface area contributed by atoms with Gasteiger partial charge in [0, 0.05) is 23.7 Å². The molecule has 9 heteroatoms. The second kappa shape index (κ2) is 6.99. The molecular formula is C19H18N4O3S2. The Hall–Kier alpha value is -2.78. The Morgan fingerprint density at radius 2 is 2.11 bits per heavy atom. The third-order valence-corrected chi connectivity index (χ3v) is 6.40. The molecule has 0 spiro atoms. The predicted molar refractivity (Wildman–Crippen MR) is 111 cm³/mol. The zero-order chi connectivity index (χ0) is 19.9. The minimum Gasteiger partial charge on any atom is -0.331 e. The number of hydrogen-bond donors (Lipinski definition) is 1. The summed E-state index contributed by atoms with van der Waals surface area (Å²) in [5.41, 5.74) is 4.25. The van der Waals surface area contributed by atoms with Crippen molar-refractivity contribution in [3.63, 3.8) is 0 Å². The van der Waals surface area contributed by atoms with Crippen molar-refractivity contribution in [1.29, 1.82) is 0 Å². The summed E-state index contributed by atoms with van der Waals surface area (Å²) < 4.78 is 27.5. The number of fused-ring (bicyclic) bond motifs is 1. The molecule has 1 aromatic carbocycles. The molecule has 1 N–H and O–H groups in total. The van der Waals surface area contributed by atoms with E-state index in [0.29, 0.717) is 5.13 Å². The molecule has 28 heavy (non-hydrogen) atoms. The van der Waals surface area contributed by atoms with E-state index < -0.39 is 15.9 Å². The number of carbonyl (C=O) groups is 1. The van der Waals surface area contributed by atoms with E-state index in [2.05, 4.69) is 20.8 Å². The first kappa shape index (κ1) is 18.6. The van der Waals surface area contributed by atoms with Gasteiger partial charge in [-0.1, -0.05) is 17.7 Å². The smallest absolute Gasteiger partial charge is 0.261 e. The van der Waals surface area contributed by atoms with Crippen LogP contribution in [-0.2, 0) is 14.8 Å². The van der Waals surface area contributed by atoms with Gasteiger partial charge in [0.15, 0.2) is 11.0 Å². The van der Waals surface area contributed by atoms with Crippen molar-refractivity contribution < 1.29 is 13.2 Å². The second-order valence-electron chi connectivity index (χ2n) is 6.63. The number of aryl methyl sites for hydroxylation is 2. The normalized spacial score (nSPS) is 17.6. The highest BCUT2D eigenvalue weighted by atomic mass is 32.2. The van der Waals surface area contributed by atoms with Gasteiger partial charge in [0.25, 0.3) is 15.9 Å². The molecule has 3 heterocycles. The molecule has 0 saturated carbocycles. The fourth-order valence-corrected chi connectivity index (χ4v) is 4.72. The van der Waals surface area contributed by atoms with Crippen molar-refractivity contribution in [2.45, 2.75) is 13.8 Å². The molecule has 2 aliphatic heterocycles. The fourth-order valence-electron chi connectivity index (χ4n) is 3.02. The summed E-state index contributed by atoms with van der Waals surface area (Å²) in [6, 6.07) is 6.14. The van der Waals surface area contributed by atoms with E-state index in [1.54, 1.807) is 23.3 Å². The van der Waals surface area contributed by atoms with Crippen molar-refractivity contribution in [3.8, 4) is 11.3 Å². The number of carbonyl (C=O) groups excluding carboxylic acids is 1. The highest BCUT2D eigenvalue weighted by Gasteiger charge is 2.30. The largest absolute Gasteiger partial charge is 0.331 e. The first-order valence-electron chi connectivity index (χ1n) is 8.65. The maximum atomic E-state index is 12.8. The Labute approximate surface area is 167 Å². The number of amides is 1. The number of amidine groups is 1. The van der Waals surface area contributed by atoms with Crippen LogP contribution in [0.25, 0.3) is 11.3 Å². The molecular weight excluding hydrogens is 396 g/mol. The maximum absolute atomic E-state index is 12.8. The molecule has 144 valence electrons. The Morgan fingerprint density at radius 1 is 1.29 bits per heavy atom. The number of thiazole rings is 1. The van der Waals surface area contributed by atoms with Crippen LogP contribution in [0.1, 0.15) is 11.1 Å². The SMILES string of the molecule is Cc1ccc(C)c(-c2csc(NC(=O)C3=CC=CN4CCS(=O)(=O)N=C34)n2)c1. The van der Waals surface area contributed by atoms with Crippen LogP contribution in [-0.4, -0.2) is 42.3 Å². The molecule has 1 amide bonds. The van der Waals surface area contributed by atoms with Gasteiger partial charge in [0.2, 0.25) is 0 Å². The van der Waals surface area contributed by atoms with E-state index in [1.165, 1.54) is 11.3 Å². The standard InChI is InChI=1S/C19H18N4O3S2/c1-12-5-6-13(2)15(10-12)16-11-27-19(20-16)21-18(24)14-4-3-7-23-8-9-28(25,26)22-17(14)23/h3-7,10-11H,8-9H2,1-2H3,(H,20,21,24). The predicted octanol–water partition coefficient (Wildman–Crippen LogP) is 2.86. The topological polar surface area (TPSA) is 91.7 Å². The number of hydrogen-bond acceptors (Lipinski definition) is 6. The maximum Gasteiger partial charge on any atom is 0.261 e. The average Bonchev–Trinajstić information content (AvgIpc) is 3.10. The molecule has 0 saturated heterocycles. The van der Waals surface area contributed by atoms with Gasteiger partial charge in [0.05, 0.1) is 17.0 Å². The van der Waals surface area contributed by atoms with Gasteiger partial charge in [-0.15, -0.1) is 15.7 Å². The summed E-state index contributed by atoms with van der Waals surface area (Å²) in [6.07, 6.45) is 4.98. The molecule has 7 nitrogen and oxygen atoms in total. The quantitative estimate of drug-likeness (QED) is 0.834. The Balaban J connectivity index is 1.59. The van der Waals surface area contributed by atoms with Crippen molar-refractivity contribution in [3.05, 3.63) is 58.6 Å². The van der Waals surface area contributed by atoms with E-state index in [-0.39, 0.29) is 23.7 Å². The van der Waals surface area contributed by atoms with Crippen molar-refractivity contribution in [1.82, 2.24) is 9.88 Å². The Morgan fingerprint density at radius 3 is 2.93 bits per heavy atom. The van der Waals surface area contributed by atoms with Crippen LogP contribution in [0.5, 0.6) is 0 Å². The number of allylic oxidation sites excluding steroid dienone is 2. The fraction of sp³-hybridized carbons (Fsp3) is 0.211. The monoisotopic (exact) mass is 414 g/mol. The number of rotatable bonds is 3. The van der Waals surface area contributed by atoms with Crippen molar-refractivity contribution in [2.75, 3.05) is 17.6 Å². The molecule has 0 aliphatic carbocycles. The highest BCUT2D eigenvalue weighted by molar-refractivity contribution is 7.90. The van der Waals surface area contributed by atoms with Crippen LogP contribution in [0.3, 0.4) is 0 Å². The lowest BCUT2D eigenvalue weighted by molar-refractivity contribution is -0.112. The number of nitrogens with zero attached hydrogens (tertiary/aromatic N) is 3. The van der Waals surface area contributed by atoms with Crippen LogP contribution >= 0.6 is 11.3 Å². The van der Waals surface area contributed by atoms with Gasteiger partial charge in [-0.25, -0.2) is 13.4 Å². The number of benzene rings is 1. The van der Waals surface area contributed by atoms with Gasteiger partial charge in [-0.3, -0.25) is 10.1 Å². The molecule has 0 unspecified atom stereocenters. The lowest BCUT2D eigenvalue weighted by atomic mass is 10.0. The summed E-state index contributed by atoms with van der Waals surface area (Å²) in [6.45, 7) is 4.31. The van der Waals surface area contributed by atoms with Gasteiger partial charge >= 0.3 is 0 Å². The Bertz CT molecular complexity index is 1160. The summed E-state index contributed by atoms with van der Waals surface area (Å²) >= 11 is 1.32. The van der Waals surface area contributed by atoms with Crippen LogP contribution in [0.2, 0.25) is 0 Å². The molecule has 2 aromatic rings. The minimum atomic E-state index is -3.55. The first-order valence-corrected chi connectivity index (χ1v) is 11.1. The van der Waals surface area contributed by atoms with Crippen LogP contribution in [0, 0.1) is 13.8 Å². The van der Waals surface area contributed by atoms with Crippen LogP contribution < -0.4 is 5.32 Å². The number of anilines is 1. The number of sulfonamides is 1. The van der Waals surface area contributed by atoms with Crippen LogP contribution in [0.15, 0.2) is 51.9 Å². The second-order valence-corrected chi connectivity index (χ2v) is 9.24. The third kappa shape index (κ3) is 3.63. The van der Waals surface area contributed by atoms with Gasteiger partial charge in [0.1, 0.15) is 0 Å². The summed E-state index contributed by atoms with van der Waals surface area (Å²) in [4.78, 5) is 18.9. The van der Waals surface area contributed by atoms with Gasteiger partial charge in [-0.2, -0.15) is 0 Å². The van der Waals surface area contributed by atoms with E-state index >= 15 is 0 Å². The zero-order valence-corrected chi connectivity index (χ0v) is 17.0. The molecule has 0 radical (unpaired) electrons. The van der Waals surface area contributed by atoms with E-state index in [9.17, 15) is 13.2 Å². The lowest BCUT2D eigenvalue weighted by Gasteiger charge is -2.28. The summed E-state index contributed by atoms with van der Waals surface area (Å²) in [5, 5.41) is 5.10. The average molecular weight is 415 g/mol. The number of nitrogens with one attached hydrogen (secondary N) is 1. The zero-order valence-electron chi connectivity index (χ0n) is 15.3. The summed E-state index contributed by atoms with van der Waals surface area (Å²) in [7, 11) is -3.55. The van der Waals surface area contributed by atoms with Crippen molar-refractivity contribution >= 4 is 38.2 Å². The number of aromatic nitrogens is 1. The summed E-state index contributed by atoms with van der Waals surface area (Å²) in [5.74, 6) is -0.355. The molecule has 2 aliphatic rings. The lowest BCUT2D eigenvalue weighted by Crippen LogP contribution is -2.40. The molecule has 0 atom stereocenters. The van der Waals surface area contributed by atoms with Crippen LogP contribution in [0.4, 0.5) is 5.13 Å². The van der Waals surface area contributed by atoms with E-state index in [1.807, 2.05) is 31.4 Å². The van der Waals surface area contributed by atoms with Crippen molar-refractivity contribution in [2.24, 2.45) is 4.40 Å². The first-order chi connectivity index (χ1) is 13.3. The highest BCUT2D eigenvalue weighted by Crippen LogP contribution is 2.29.